The summed E-state index contributed by atoms with van der Waals surface area (Å²) in [7, 11) is 1.63. The van der Waals surface area contributed by atoms with E-state index in [0.29, 0.717) is 12.0 Å². The smallest absolute Gasteiger partial charge is 0.331 e. The highest BCUT2D eigenvalue weighted by Gasteiger charge is 2.20. The SMILES string of the molecule is CCC(=CCOc1ccc(OC)cc1C(C)(C)C)C(=O)O. The van der Waals surface area contributed by atoms with Crippen LogP contribution in [0.1, 0.15) is 39.7 Å². The largest absolute Gasteiger partial charge is 0.497 e. The minimum Gasteiger partial charge on any atom is -0.497 e. The van der Waals surface area contributed by atoms with Gasteiger partial charge >= 0.3 is 5.97 Å². The molecule has 4 heteroatoms. The van der Waals surface area contributed by atoms with E-state index in [1.807, 2.05) is 25.1 Å². The van der Waals surface area contributed by atoms with Gasteiger partial charge in [0, 0.05) is 11.1 Å². The van der Waals surface area contributed by atoms with Crippen molar-refractivity contribution in [2.24, 2.45) is 0 Å². The summed E-state index contributed by atoms with van der Waals surface area (Å²) in [4.78, 5) is 10.9. The maximum absolute atomic E-state index is 10.9. The fraction of sp³-hybridized carbons (Fsp3) is 0.471. The number of benzene rings is 1. The van der Waals surface area contributed by atoms with E-state index in [-0.39, 0.29) is 12.0 Å². The molecule has 1 aromatic carbocycles. The molecule has 0 spiro atoms. The standard InChI is InChI=1S/C17H24O4/c1-6-12(16(18)19)9-10-21-15-8-7-13(20-5)11-14(15)17(2,3)4/h7-9,11H,6,10H2,1-5H3,(H,18,19). The Morgan fingerprint density at radius 1 is 1.33 bits per heavy atom. The van der Waals surface area contributed by atoms with Crippen molar-refractivity contribution in [1.82, 2.24) is 0 Å². The van der Waals surface area contributed by atoms with Crippen LogP contribution in [0.2, 0.25) is 0 Å². The summed E-state index contributed by atoms with van der Waals surface area (Å²) < 4.78 is 11.0. The van der Waals surface area contributed by atoms with Crippen molar-refractivity contribution < 1.29 is 19.4 Å². The first kappa shape index (κ1) is 17.1. The average molecular weight is 292 g/mol. The zero-order valence-corrected chi connectivity index (χ0v) is 13.4. The van der Waals surface area contributed by atoms with Gasteiger partial charge in [0.05, 0.1) is 7.11 Å². The highest BCUT2D eigenvalue weighted by molar-refractivity contribution is 5.86. The van der Waals surface area contributed by atoms with Crippen LogP contribution in [-0.2, 0) is 10.2 Å². The molecule has 0 aromatic heterocycles. The topological polar surface area (TPSA) is 55.8 Å². The van der Waals surface area contributed by atoms with E-state index < -0.39 is 5.97 Å². The van der Waals surface area contributed by atoms with Gasteiger partial charge in [0.2, 0.25) is 0 Å². The van der Waals surface area contributed by atoms with Gasteiger partial charge in [0.15, 0.2) is 0 Å². The zero-order chi connectivity index (χ0) is 16.0. The second-order valence-electron chi connectivity index (χ2n) is 5.81. The molecule has 1 N–H and O–H groups in total. The van der Waals surface area contributed by atoms with Gasteiger partial charge in [-0.05, 0) is 36.1 Å². The number of carbonyl (C=O) groups is 1. The monoisotopic (exact) mass is 292 g/mol. The molecule has 21 heavy (non-hydrogen) atoms. The fourth-order valence-electron chi connectivity index (χ4n) is 1.96. The van der Waals surface area contributed by atoms with Crippen LogP contribution in [0.4, 0.5) is 0 Å². The maximum atomic E-state index is 10.9. The molecule has 0 saturated heterocycles. The normalized spacial score (nSPS) is 12.1. The lowest BCUT2D eigenvalue weighted by Crippen LogP contribution is -2.14. The van der Waals surface area contributed by atoms with Crippen molar-refractivity contribution >= 4 is 5.97 Å². The number of carboxylic acids is 1. The third kappa shape index (κ3) is 4.81. The van der Waals surface area contributed by atoms with Crippen molar-refractivity contribution in [3.63, 3.8) is 0 Å². The number of hydrogen-bond acceptors (Lipinski definition) is 3. The van der Waals surface area contributed by atoms with Gasteiger partial charge in [-0.2, -0.15) is 0 Å². The van der Waals surface area contributed by atoms with Gasteiger partial charge in [-0.1, -0.05) is 27.7 Å². The summed E-state index contributed by atoms with van der Waals surface area (Å²) in [6.45, 7) is 8.34. The van der Waals surface area contributed by atoms with Crippen molar-refractivity contribution in [2.45, 2.75) is 39.5 Å². The summed E-state index contributed by atoms with van der Waals surface area (Å²) in [5.74, 6) is 0.634. The second-order valence-corrected chi connectivity index (χ2v) is 5.81. The number of aliphatic carboxylic acids is 1. The Morgan fingerprint density at radius 2 is 2.00 bits per heavy atom. The van der Waals surface area contributed by atoms with E-state index in [1.54, 1.807) is 13.2 Å². The Bertz CT molecular complexity index is 524. The molecule has 0 aliphatic heterocycles. The first-order chi connectivity index (χ1) is 9.79. The number of hydrogen-bond donors (Lipinski definition) is 1. The number of carboxylic acid groups (broad SMARTS) is 1. The zero-order valence-electron chi connectivity index (χ0n) is 13.4. The number of ether oxygens (including phenoxy) is 2. The lowest BCUT2D eigenvalue weighted by molar-refractivity contribution is -0.132. The van der Waals surface area contributed by atoms with E-state index in [1.165, 1.54) is 0 Å². The Labute approximate surface area is 126 Å². The Morgan fingerprint density at radius 3 is 2.48 bits per heavy atom. The van der Waals surface area contributed by atoms with E-state index in [4.69, 9.17) is 14.6 Å². The molecular formula is C17H24O4. The van der Waals surface area contributed by atoms with Crippen LogP contribution in [-0.4, -0.2) is 24.8 Å². The third-order valence-corrected chi connectivity index (χ3v) is 3.22. The van der Waals surface area contributed by atoms with Crippen LogP contribution >= 0.6 is 0 Å². The van der Waals surface area contributed by atoms with Gasteiger partial charge < -0.3 is 14.6 Å². The van der Waals surface area contributed by atoms with Crippen LogP contribution in [0.25, 0.3) is 0 Å². The van der Waals surface area contributed by atoms with Crippen molar-refractivity contribution in [3.05, 3.63) is 35.4 Å². The summed E-state index contributed by atoms with van der Waals surface area (Å²) in [5.41, 5.74) is 1.30. The Balaban J connectivity index is 2.96. The summed E-state index contributed by atoms with van der Waals surface area (Å²) >= 11 is 0. The fourth-order valence-corrected chi connectivity index (χ4v) is 1.96. The lowest BCUT2D eigenvalue weighted by Gasteiger charge is -2.23. The summed E-state index contributed by atoms with van der Waals surface area (Å²) in [6.07, 6.45) is 2.09. The summed E-state index contributed by atoms with van der Waals surface area (Å²) in [5, 5.41) is 8.98. The van der Waals surface area contributed by atoms with Crippen LogP contribution < -0.4 is 9.47 Å². The van der Waals surface area contributed by atoms with Gasteiger partial charge in [0.1, 0.15) is 18.1 Å². The van der Waals surface area contributed by atoms with Gasteiger partial charge in [0.25, 0.3) is 0 Å². The van der Waals surface area contributed by atoms with Crippen LogP contribution in [0.5, 0.6) is 11.5 Å². The number of rotatable bonds is 6. The molecule has 0 aliphatic rings. The highest BCUT2D eigenvalue weighted by Crippen LogP contribution is 2.34. The minimum atomic E-state index is -0.896. The van der Waals surface area contributed by atoms with Crippen molar-refractivity contribution in [3.8, 4) is 11.5 Å². The van der Waals surface area contributed by atoms with Crippen LogP contribution in [0.15, 0.2) is 29.8 Å². The van der Waals surface area contributed by atoms with E-state index >= 15 is 0 Å². The molecule has 0 amide bonds. The second kappa shape index (κ2) is 7.16. The molecule has 0 radical (unpaired) electrons. The predicted octanol–water partition coefficient (Wildman–Crippen LogP) is 3.79. The Kier molecular flexibility index (Phi) is 5.82. The molecule has 0 saturated carbocycles. The van der Waals surface area contributed by atoms with Gasteiger partial charge in [-0.3, -0.25) is 0 Å². The van der Waals surface area contributed by atoms with E-state index in [2.05, 4.69) is 20.8 Å². The first-order valence-corrected chi connectivity index (χ1v) is 7.03. The van der Waals surface area contributed by atoms with Crippen LogP contribution in [0.3, 0.4) is 0 Å². The molecule has 0 bridgehead atoms. The molecule has 0 aliphatic carbocycles. The molecule has 4 nitrogen and oxygen atoms in total. The molecule has 0 fully saturated rings. The van der Waals surface area contributed by atoms with Crippen molar-refractivity contribution in [2.75, 3.05) is 13.7 Å². The van der Waals surface area contributed by atoms with Gasteiger partial charge in [-0.25, -0.2) is 4.79 Å². The van der Waals surface area contributed by atoms with Gasteiger partial charge in [-0.15, -0.1) is 0 Å². The molecule has 0 unspecified atom stereocenters. The Hall–Kier alpha value is -1.97. The molecule has 0 heterocycles. The highest BCUT2D eigenvalue weighted by atomic mass is 16.5. The first-order valence-electron chi connectivity index (χ1n) is 7.03. The molecular weight excluding hydrogens is 268 g/mol. The van der Waals surface area contributed by atoms with E-state index in [0.717, 1.165) is 17.1 Å². The van der Waals surface area contributed by atoms with Crippen molar-refractivity contribution in [1.29, 1.82) is 0 Å². The predicted molar refractivity (Wildman–Crippen MR) is 83.2 cm³/mol. The van der Waals surface area contributed by atoms with E-state index in [9.17, 15) is 4.79 Å². The lowest BCUT2D eigenvalue weighted by atomic mass is 9.86. The molecule has 116 valence electrons. The molecule has 1 rings (SSSR count). The summed E-state index contributed by atoms with van der Waals surface area (Å²) in [6, 6.07) is 5.66. The maximum Gasteiger partial charge on any atom is 0.331 e. The van der Waals surface area contributed by atoms with Crippen LogP contribution in [0, 0.1) is 0 Å². The number of methoxy groups -OCH3 is 1. The molecule has 0 atom stereocenters. The quantitative estimate of drug-likeness (QED) is 0.810. The average Bonchev–Trinajstić information content (AvgIpc) is 2.42. The third-order valence-electron chi connectivity index (χ3n) is 3.22. The minimum absolute atomic E-state index is 0.0893. The molecule has 1 aromatic rings.